The third-order valence-electron chi connectivity index (χ3n) is 5.48. The largest absolute Gasteiger partial charge is 0.493 e. The highest BCUT2D eigenvalue weighted by Gasteiger charge is 2.35. The van der Waals surface area contributed by atoms with E-state index in [1.165, 1.54) is 17.9 Å². The molecule has 0 radical (unpaired) electrons. The number of aromatic nitrogens is 4. The molecule has 0 spiro atoms. The van der Waals surface area contributed by atoms with Crippen LogP contribution in [0.1, 0.15) is 18.5 Å². The van der Waals surface area contributed by atoms with Crippen molar-refractivity contribution >= 4 is 17.8 Å². The minimum absolute atomic E-state index is 0.0675. The molecule has 1 aromatic heterocycles. The number of ether oxygens (including phenoxy) is 4. The first-order valence-corrected chi connectivity index (χ1v) is 10.7. The second kappa shape index (κ2) is 10.3. The Labute approximate surface area is 196 Å². The van der Waals surface area contributed by atoms with E-state index in [4.69, 9.17) is 18.9 Å². The van der Waals surface area contributed by atoms with Crippen LogP contribution in [0.25, 0.3) is 0 Å². The van der Waals surface area contributed by atoms with E-state index in [0.29, 0.717) is 60.6 Å². The Morgan fingerprint density at radius 3 is 2.82 bits per heavy atom. The molecule has 12 nitrogen and oxygen atoms in total. The Hall–Kier alpha value is -3.93. The van der Waals surface area contributed by atoms with Gasteiger partial charge in [-0.05, 0) is 35.0 Å². The van der Waals surface area contributed by atoms with E-state index in [1.54, 1.807) is 30.0 Å². The summed E-state index contributed by atoms with van der Waals surface area (Å²) in [5, 5.41) is 14.8. The number of hydrogen-bond donors (Lipinski definition) is 1. The summed E-state index contributed by atoms with van der Waals surface area (Å²) in [6.07, 6.45) is 1.49. The second-order valence-corrected chi connectivity index (χ2v) is 7.59. The van der Waals surface area contributed by atoms with E-state index in [2.05, 4.69) is 27.4 Å². The molecule has 1 aromatic carbocycles. The maximum Gasteiger partial charge on any atom is 0.338 e. The Kier molecular flexibility index (Phi) is 7.07. The molecule has 1 saturated heterocycles. The lowest BCUT2D eigenvalue weighted by atomic mass is 9.95. The number of allylic oxidation sites excluding steroid dienone is 1. The van der Waals surface area contributed by atoms with Crippen LogP contribution < -0.4 is 14.8 Å². The van der Waals surface area contributed by atoms with Gasteiger partial charge in [-0.1, -0.05) is 23.8 Å². The monoisotopic (exact) mass is 470 g/mol. The second-order valence-electron chi connectivity index (χ2n) is 7.59. The summed E-state index contributed by atoms with van der Waals surface area (Å²) in [7, 11) is 1.50. The molecule has 1 N–H and O–H groups in total. The van der Waals surface area contributed by atoms with Gasteiger partial charge in [0.2, 0.25) is 5.95 Å². The number of carbonyl (C=O) groups is 2. The van der Waals surface area contributed by atoms with Gasteiger partial charge in [-0.25, -0.2) is 4.79 Å². The Morgan fingerprint density at radius 2 is 2.09 bits per heavy atom. The summed E-state index contributed by atoms with van der Waals surface area (Å²) in [6, 6.07) is 4.52. The number of amides is 1. The summed E-state index contributed by atoms with van der Waals surface area (Å²) < 4.78 is 23.4. The zero-order chi connectivity index (χ0) is 24.1. The molecule has 2 aliphatic rings. The molecule has 34 heavy (non-hydrogen) atoms. The van der Waals surface area contributed by atoms with Gasteiger partial charge in [0, 0.05) is 18.8 Å². The molecule has 2 aliphatic heterocycles. The summed E-state index contributed by atoms with van der Waals surface area (Å²) in [5.41, 5.74) is 1.58. The molecular formula is C22H26N6O6. The highest BCUT2D eigenvalue weighted by atomic mass is 16.5. The molecule has 1 atom stereocenters. The molecule has 180 valence electrons. The zero-order valence-corrected chi connectivity index (χ0v) is 19.0. The molecule has 1 unspecified atom stereocenters. The van der Waals surface area contributed by atoms with Crippen LogP contribution in [0.4, 0.5) is 5.95 Å². The van der Waals surface area contributed by atoms with Crippen molar-refractivity contribution in [2.24, 2.45) is 0 Å². The lowest BCUT2D eigenvalue weighted by Gasteiger charge is -2.28. The Morgan fingerprint density at radius 1 is 1.29 bits per heavy atom. The standard InChI is InChI=1S/C22H26N6O6/c1-4-9-33-21(30)19-14(2)23-22-24-25-26-28(22)20(19)15-5-6-16(17(12-15)31-3)34-13-18(29)27-7-10-32-11-8-27/h4-6,12,20H,1,7-11,13H2,2-3H3,(H,23,24,26). The van der Waals surface area contributed by atoms with Crippen molar-refractivity contribution in [3.05, 3.63) is 47.7 Å². The SMILES string of the molecule is C=CCOC(=O)C1=C(C)Nc2nnnn2C1c1ccc(OCC(=O)N2CCOCC2)c(OC)c1. The number of nitrogens with zero attached hydrogens (tertiary/aromatic N) is 5. The van der Waals surface area contributed by atoms with E-state index < -0.39 is 12.0 Å². The predicted molar refractivity (Wildman–Crippen MR) is 119 cm³/mol. The number of nitrogens with one attached hydrogen (secondary N) is 1. The van der Waals surface area contributed by atoms with Gasteiger partial charge in [0.25, 0.3) is 5.91 Å². The molecule has 12 heteroatoms. The Balaban J connectivity index is 1.60. The van der Waals surface area contributed by atoms with Crippen molar-refractivity contribution in [1.29, 1.82) is 0 Å². The minimum Gasteiger partial charge on any atom is -0.493 e. The predicted octanol–water partition coefficient (Wildman–Crippen LogP) is 0.937. The summed E-state index contributed by atoms with van der Waals surface area (Å²) >= 11 is 0. The highest BCUT2D eigenvalue weighted by Crippen LogP contribution is 2.38. The normalized spacial score (nSPS) is 17.5. The zero-order valence-electron chi connectivity index (χ0n) is 19.0. The number of methoxy groups -OCH3 is 1. The number of tetrazole rings is 1. The van der Waals surface area contributed by atoms with Crippen LogP contribution in [0.2, 0.25) is 0 Å². The first kappa shape index (κ1) is 23.2. The molecular weight excluding hydrogens is 444 g/mol. The molecule has 0 bridgehead atoms. The van der Waals surface area contributed by atoms with E-state index in [0.717, 1.165) is 0 Å². The van der Waals surface area contributed by atoms with Crippen LogP contribution in [-0.4, -0.2) is 83.6 Å². The number of anilines is 1. The van der Waals surface area contributed by atoms with Crippen LogP contribution in [0.15, 0.2) is 42.1 Å². The third-order valence-corrected chi connectivity index (χ3v) is 5.48. The van der Waals surface area contributed by atoms with Gasteiger partial charge in [0.1, 0.15) is 12.6 Å². The fraction of sp³-hybridized carbons (Fsp3) is 0.409. The van der Waals surface area contributed by atoms with Gasteiger partial charge >= 0.3 is 5.97 Å². The number of fused-ring (bicyclic) bond motifs is 1. The first-order chi connectivity index (χ1) is 16.5. The van der Waals surface area contributed by atoms with Crippen molar-refractivity contribution in [1.82, 2.24) is 25.1 Å². The molecule has 4 rings (SSSR count). The van der Waals surface area contributed by atoms with Crippen LogP contribution in [0.5, 0.6) is 11.5 Å². The van der Waals surface area contributed by atoms with Crippen LogP contribution >= 0.6 is 0 Å². The van der Waals surface area contributed by atoms with Crippen molar-refractivity contribution in [3.8, 4) is 11.5 Å². The highest BCUT2D eigenvalue weighted by molar-refractivity contribution is 5.92. The molecule has 0 saturated carbocycles. The molecule has 1 fully saturated rings. The van der Waals surface area contributed by atoms with E-state index in [9.17, 15) is 9.59 Å². The van der Waals surface area contributed by atoms with Crippen LogP contribution in [0.3, 0.4) is 0 Å². The molecule has 1 amide bonds. The van der Waals surface area contributed by atoms with E-state index >= 15 is 0 Å². The van der Waals surface area contributed by atoms with Crippen LogP contribution in [0, 0.1) is 0 Å². The lowest BCUT2D eigenvalue weighted by molar-refractivity contribution is -0.138. The van der Waals surface area contributed by atoms with Crippen molar-refractivity contribution in [3.63, 3.8) is 0 Å². The summed E-state index contributed by atoms with van der Waals surface area (Å²) in [5.74, 6) is 0.536. The number of esters is 1. The molecule has 3 heterocycles. The van der Waals surface area contributed by atoms with Gasteiger partial charge in [-0.2, -0.15) is 4.68 Å². The average Bonchev–Trinajstić information content (AvgIpc) is 3.33. The van der Waals surface area contributed by atoms with Gasteiger partial charge in [-0.15, -0.1) is 0 Å². The van der Waals surface area contributed by atoms with Gasteiger partial charge in [-0.3, -0.25) is 4.79 Å². The van der Waals surface area contributed by atoms with Gasteiger partial charge < -0.3 is 29.2 Å². The van der Waals surface area contributed by atoms with Crippen molar-refractivity contribution < 1.29 is 28.5 Å². The van der Waals surface area contributed by atoms with Crippen molar-refractivity contribution in [2.75, 3.05) is 51.9 Å². The number of rotatable bonds is 8. The fourth-order valence-corrected chi connectivity index (χ4v) is 3.81. The number of carbonyl (C=O) groups excluding carboxylic acids is 2. The fourth-order valence-electron chi connectivity index (χ4n) is 3.81. The average molecular weight is 470 g/mol. The third kappa shape index (κ3) is 4.71. The summed E-state index contributed by atoms with van der Waals surface area (Å²) in [6.45, 7) is 7.39. The number of benzene rings is 1. The maximum absolute atomic E-state index is 12.9. The molecule has 2 aromatic rings. The van der Waals surface area contributed by atoms with Crippen molar-refractivity contribution in [2.45, 2.75) is 13.0 Å². The summed E-state index contributed by atoms with van der Waals surface area (Å²) in [4.78, 5) is 27.0. The van der Waals surface area contributed by atoms with Crippen LogP contribution in [-0.2, 0) is 19.1 Å². The minimum atomic E-state index is -0.665. The number of hydrogen-bond acceptors (Lipinski definition) is 10. The maximum atomic E-state index is 12.9. The topological polar surface area (TPSA) is 130 Å². The smallest absolute Gasteiger partial charge is 0.338 e. The molecule has 0 aliphatic carbocycles. The Bertz CT molecular complexity index is 1110. The number of morpholine rings is 1. The lowest BCUT2D eigenvalue weighted by Crippen LogP contribution is -2.43. The van der Waals surface area contributed by atoms with E-state index in [1.807, 2.05) is 0 Å². The van der Waals surface area contributed by atoms with E-state index in [-0.39, 0.29) is 19.1 Å². The van der Waals surface area contributed by atoms with Gasteiger partial charge in [0.05, 0.1) is 25.9 Å². The quantitative estimate of drug-likeness (QED) is 0.439. The first-order valence-electron chi connectivity index (χ1n) is 10.7. The van der Waals surface area contributed by atoms with Gasteiger partial charge in [0.15, 0.2) is 18.1 Å².